The van der Waals surface area contributed by atoms with Crippen molar-refractivity contribution in [1.29, 1.82) is 0 Å². The van der Waals surface area contributed by atoms with E-state index in [0.717, 1.165) is 18.9 Å². The van der Waals surface area contributed by atoms with Gasteiger partial charge in [0.05, 0.1) is 7.11 Å². The molecule has 0 saturated heterocycles. The van der Waals surface area contributed by atoms with Gasteiger partial charge in [-0.15, -0.1) is 0 Å². The third-order valence-corrected chi connectivity index (χ3v) is 3.74. The standard InChI is InChI=1S/C15H22N2O2/c1-19-14-9-12(8-13(16)10-14)15(18)17-7-6-11-4-2-3-5-11/h8-11H,2-7,16H2,1H3,(H,17,18). The Hall–Kier alpha value is -1.71. The fraction of sp³-hybridized carbons (Fsp3) is 0.533. The average molecular weight is 262 g/mol. The van der Waals surface area contributed by atoms with Gasteiger partial charge in [-0.25, -0.2) is 0 Å². The molecular formula is C15H22N2O2. The Kier molecular flexibility index (Phi) is 4.66. The summed E-state index contributed by atoms with van der Waals surface area (Å²) in [5.74, 6) is 1.32. The monoisotopic (exact) mass is 262 g/mol. The van der Waals surface area contributed by atoms with Crippen molar-refractivity contribution in [3.05, 3.63) is 23.8 Å². The van der Waals surface area contributed by atoms with Crippen LogP contribution in [0.25, 0.3) is 0 Å². The van der Waals surface area contributed by atoms with Gasteiger partial charge < -0.3 is 15.8 Å². The number of carbonyl (C=O) groups is 1. The topological polar surface area (TPSA) is 64.3 Å². The van der Waals surface area contributed by atoms with Gasteiger partial charge in [0.2, 0.25) is 0 Å². The molecule has 1 aromatic rings. The van der Waals surface area contributed by atoms with Gasteiger partial charge in [-0.1, -0.05) is 25.7 Å². The Morgan fingerprint density at radius 2 is 2.11 bits per heavy atom. The number of nitrogens with one attached hydrogen (secondary N) is 1. The van der Waals surface area contributed by atoms with Crippen molar-refractivity contribution in [3.8, 4) is 5.75 Å². The van der Waals surface area contributed by atoms with E-state index in [-0.39, 0.29) is 5.91 Å². The van der Waals surface area contributed by atoms with Crippen molar-refractivity contribution in [1.82, 2.24) is 5.32 Å². The first kappa shape index (κ1) is 13.7. The number of rotatable bonds is 5. The highest BCUT2D eigenvalue weighted by molar-refractivity contribution is 5.95. The highest BCUT2D eigenvalue weighted by Gasteiger charge is 2.15. The lowest BCUT2D eigenvalue weighted by molar-refractivity contribution is 0.0951. The van der Waals surface area contributed by atoms with E-state index in [2.05, 4.69) is 5.32 Å². The van der Waals surface area contributed by atoms with Gasteiger partial charge in [0.25, 0.3) is 5.91 Å². The summed E-state index contributed by atoms with van der Waals surface area (Å²) in [4.78, 5) is 12.0. The van der Waals surface area contributed by atoms with Gasteiger partial charge in [-0.2, -0.15) is 0 Å². The van der Waals surface area contributed by atoms with Gasteiger partial charge >= 0.3 is 0 Å². The van der Waals surface area contributed by atoms with E-state index in [1.807, 2.05) is 0 Å². The molecule has 0 spiro atoms. The number of amides is 1. The number of nitrogens with two attached hydrogens (primary N) is 1. The van der Waals surface area contributed by atoms with Gasteiger partial charge in [0, 0.05) is 23.9 Å². The number of methoxy groups -OCH3 is 1. The molecule has 4 heteroatoms. The summed E-state index contributed by atoms with van der Waals surface area (Å²) in [6.45, 7) is 0.737. The van der Waals surface area contributed by atoms with E-state index in [0.29, 0.717) is 17.0 Å². The molecular weight excluding hydrogens is 240 g/mol. The van der Waals surface area contributed by atoms with E-state index >= 15 is 0 Å². The minimum absolute atomic E-state index is 0.0800. The smallest absolute Gasteiger partial charge is 0.251 e. The van der Waals surface area contributed by atoms with Crippen LogP contribution in [0.1, 0.15) is 42.5 Å². The first-order valence-corrected chi connectivity index (χ1v) is 6.92. The normalized spacial score (nSPS) is 15.4. The number of hydrogen-bond acceptors (Lipinski definition) is 3. The fourth-order valence-corrected chi connectivity index (χ4v) is 2.66. The van der Waals surface area contributed by atoms with E-state index in [1.165, 1.54) is 25.7 Å². The molecule has 0 bridgehead atoms. The summed E-state index contributed by atoms with van der Waals surface area (Å²) in [6.07, 6.45) is 6.37. The molecule has 0 atom stereocenters. The van der Waals surface area contributed by atoms with Crippen LogP contribution in [0.5, 0.6) is 5.75 Å². The van der Waals surface area contributed by atoms with Gasteiger partial charge in [-0.3, -0.25) is 4.79 Å². The Morgan fingerprint density at radius 3 is 2.79 bits per heavy atom. The third kappa shape index (κ3) is 3.88. The van der Waals surface area contributed by atoms with Gasteiger partial charge in [-0.05, 0) is 24.5 Å². The van der Waals surface area contributed by atoms with Crippen LogP contribution in [-0.2, 0) is 0 Å². The predicted molar refractivity (Wildman–Crippen MR) is 76.3 cm³/mol. The number of ether oxygens (including phenoxy) is 1. The van der Waals surface area contributed by atoms with Crippen molar-refractivity contribution < 1.29 is 9.53 Å². The lowest BCUT2D eigenvalue weighted by atomic mass is 10.0. The SMILES string of the molecule is COc1cc(N)cc(C(=O)NCCC2CCCC2)c1. The van der Waals surface area contributed by atoms with E-state index in [1.54, 1.807) is 25.3 Å². The molecule has 1 fully saturated rings. The molecule has 4 nitrogen and oxygen atoms in total. The molecule has 2 rings (SSSR count). The molecule has 0 heterocycles. The van der Waals surface area contributed by atoms with Gasteiger partial charge in [0.1, 0.15) is 5.75 Å². The summed E-state index contributed by atoms with van der Waals surface area (Å²) >= 11 is 0. The quantitative estimate of drug-likeness (QED) is 0.802. The average Bonchev–Trinajstić information content (AvgIpc) is 2.91. The molecule has 0 unspecified atom stereocenters. The lowest BCUT2D eigenvalue weighted by Crippen LogP contribution is -2.25. The molecule has 0 aliphatic heterocycles. The second kappa shape index (κ2) is 6.45. The lowest BCUT2D eigenvalue weighted by Gasteiger charge is -2.11. The molecule has 19 heavy (non-hydrogen) atoms. The molecule has 0 aromatic heterocycles. The van der Waals surface area contributed by atoms with E-state index < -0.39 is 0 Å². The van der Waals surface area contributed by atoms with Crippen LogP contribution in [0.15, 0.2) is 18.2 Å². The van der Waals surface area contributed by atoms with Crippen molar-refractivity contribution in [3.63, 3.8) is 0 Å². The van der Waals surface area contributed by atoms with Crippen molar-refractivity contribution in [2.24, 2.45) is 5.92 Å². The maximum atomic E-state index is 12.0. The third-order valence-electron chi connectivity index (χ3n) is 3.74. The highest BCUT2D eigenvalue weighted by atomic mass is 16.5. The van der Waals surface area contributed by atoms with E-state index in [4.69, 9.17) is 10.5 Å². The molecule has 1 amide bonds. The van der Waals surface area contributed by atoms with Crippen LogP contribution < -0.4 is 15.8 Å². The maximum Gasteiger partial charge on any atom is 0.251 e. The van der Waals surface area contributed by atoms with Gasteiger partial charge in [0.15, 0.2) is 0 Å². The predicted octanol–water partition coefficient (Wildman–Crippen LogP) is 2.59. The van der Waals surface area contributed by atoms with Crippen LogP contribution in [-0.4, -0.2) is 19.6 Å². The van der Waals surface area contributed by atoms with Crippen LogP contribution in [0.4, 0.5) is 5.69 Å². The minimum atomic E-state index is -0.0800. The zero-order valence-electron chi connectivity index (χ0n) is 11.4. The number of anilines is 1. The fourth-order valence-electron chi connectivity index (χ4n) is 2.66. The summed E-state index contributed by atoms with van der Waals surface area (Å²) in [6, 6.07) is 5.09. The molecule has 3 N–H and O–H groups in total. The zero-order chi connectivity index (χ0) is 13.7. The number of benzene rings is 1. The Labute approximate surface area is 114 Å². The van der Waals surface area contributed by atoms with Crippen molar-refractivity contribution >= 4 is 11.6 Å². The van der Waals surface area contributed by atoms with Crippen LogP contribution in [0, 0.1) is 5.92 Å². The van der Waals surface area contributed by atoms with Crippen molar-refractivity contribution in [2.45, 2.75) is 32.1 Å². The number of nitrogen functional groups attached to an aromatic ring is 1. The molecule has 1 aliphatic rings. The summed E-state index contributed by atoms with van der Waals surface area (Å²) in [5, 5.41) is 2.95. The van der Waals surface area contributed by atoms with Crippen LogP contribution >= 0.6 is 0 Å². The van der Waals surface area contributed by atoms with E-state index in [9.17, 15) is 4.79 Å². The second-order valence-electron chi connectivity index (χ2n) is 5.19. The molecule has 104 valence electrons. The first-order valence-electron chi connectivity index (χ1n) is 6.92. The highest BCUT2D eigenvalue weighted by Crippen LogP contribution is 2.27. The Balaban J connectivity index is 1.86. The number of carbonyl (C=O) groups excluding carboxylic acids is 1. The molecule has 0 radical (unpaired) electrons. The summed E-state index contributed by atoms with van der Waals surface area (Å²) in [7, 11) is 1.57. The zero-order valence-corrected chi connectivity index (χ0v) is 11.4. The molecule has 1 aromatic carbocycles. The largest absolute Gasteiger partial charge is 0.497 e. The van der Waals surface area contributed by atoms with Crippen LogP contribution in [0.3, 0.4) is 0 Å². The first-order chi connectivity index (χ1) is 9.19. The minimum Gasteiger partial charge on any atom is -0.497 e. The van der Waals surface area contributed by atoms with Crippen LogP contribution in [0.2, 0.25) is 0 Å². The summed E-state index contributed by atoms with van der Waals surface area (Å²) in [5.41, 5.74) is 6.84. The molecule has 1 saturated carbocycles. The maximum absolute atomic E-state index is 12.0. The second-order valence-corrected chi connectivity index (χ2v) is 5.19. The number of hydrogen-bond donors (Lipinski definition) is 2. The Morgan fingerprint density at radius 1 is 1.37 bits per heavy atom. The van der Waals surface area contributed by atoms with Crippen molar-refractivity contribution in [2.75, 3.05) is 19.4 Å². The molecule has 1 aliphatic carbocycles. The Bertz CT molecular complexity index is 440. The summed E-state index contributed by atoms with van der Waals surface area (Å²) < 4.78 is 5.11.